The first kappa shape index (κ1) is 15.0. The molecule has 3 aromatic rings. The second kappa shape index (κ2) is 6.08. The number of carbonyl (C=O) groups is 1. The standard InChI is InChI=1S/C19H16O4/c1-3-22-18(20)15-9-6-8-14(12(15)2)16-11-13-7-4-5-10-17(13)23-19(16)21/h4-11H,3H2,1-2H3. The van der Waals surface area contributed by atoms with Crippen molar-refractivity contribution in [2.45, 2.75) is 13.8 Å². The summed E-state index contributed by atoms with van der Waals surface area (Å²) in [6.07, 6.45) is 0. The van der Waals surface area contributed by atoms with Crippen LogP contribution in [0.2, 0.25) is 0 Å². The maximum atomic E-state index is 12.3. The topological polar surface area (TPSA) is 56.5 Å². The van der Waals surface area contributed by atoms with Gasteiger partial charge in [-0.2, -0.15) is 0 Å². The summed E-state index contributed by atoms with van der Waals surface area (Å²) in [5.41, 5.74) is 2.39. The molecule has 0 N–H and O–H groups in total. The molecule has 116 valence electrons. The Kier molecular flexibility index (Phi) is 3.98. The van der Waals surface area contributed by atoms with Crippen molar-refractivity contribution in [2.75, 3.05) is 6.61 Å². The molecule has 0 saturated carbocycles. The van der Waals surface area contributed by atoms with Crippen molar-refractivity contribution in [3.63, 3.8) is 0 Å². The lowest BCUT2D eigenvalue weighted by atomic mass is 9.97. The number of fused-ring (bicyclic) bond motifs is 1. The third kappa shape index (κ3) is 2.75. The Morgan fingerprint density at radius 3 is 2.65 bits per heavy atom. The van der Waals surface area contributed by atoms with Crippen LogP contribution in [-0.2, 0) is 4.74 Å². The van der Waals surface area contributed by atoms with Gasteiger partial charge in [0.05, 0.1) is 17.7 Å². The maximum Gasteiger partial charge on any atom is 0.344 e. The van der Waals surface area contributed by atoms with Crippen molar-refractivity contribution < 1.29 is 13.9 Å². The molecule has 4 nitrogen and oxygen atoms in total. The van der Waals surface area contributed by atoms with Crippen LogP contribution in [0.4, 0.5) is 0 Å². The first-order valence-electron chi connectivity index (χ1n) is 7.42. The highest BCUT2D eigenvalue weighted by Gasteiger charge is 2.16. The lowest BCUT2D eigenvalue weighted by Crippen LogP contribution is -2.09. The zero-order valence-corrected chi connectivity index (χ0v) is 13.0. The minimum atomic E-state index is -0.423. The minimum Gasteiger partial charge on any atom is -0.462 e. The lowest BCUT2D eigenvalue weighted by molar-refractivity contribution is 0.0525. The summed E-state index contributed by atoms with van der Waals surface area (Å²) in [5, 5.41) is 0.836. The molecular formula is C19H16O4. The van der Waals surface area contributed by atoms with E-state index in [9.17, 15) is 9.59 Å². The normalized spacial score (nSPS) is 10.7. The average Bonchev–Trinajstić information content (AvgIpc) is 2.55. The third-order valence-electron chi connectivity index (χ3n) is 3.76. The largest absolute Gasteiger partial charge is 0.462 e. The zero-order chi connectivity index (χ0) is 16.4. The van der Waals surface area contributed by atoms with Crippen molar-refractivity contribution in [3.05, 3.63) is 70.1 Å². The Labute approximate surface area is 133 Å². The third-order valence-corrected chi connectivity index (χ3v) is 3.76. The number of benzene rings is 2. The molecule has 1 heterocycles. The van der Waals surface area contributed by atoms with Gasteiger partial charge in [-0.25, -0.2) is 9.59 Å². The molecule has 0 saturated heterocycles. The zero-order valence-electron chi connectivity index (χ0n) is 13.0. The Morgan fingerprint density at radius 2 is 1.87 bits per heavy atom. The van der Waals surface area contributed by atoms with E-state index in [0.717, 1.165) is 5.39 Å². The molecule has 0 aliphatic carbocycles. The molecule has 0 bridgehead atoms. The summed E-state index contributed by atoms with van der Waals surface area (Å²) in [6.45, 7) is 3.87. The summed E-state index contributed by atoms with van der Waals surface area (Å²) in [6, 6.07) is 14.4. The number of esters is 1. The first-order chi connectivity index (χ1) is 11.1. The van der Waals surface area contributed by atoms with Gasteiger partial charge >= 0.3 is 11.6 Å². The molecule has 2 aromatic carbocycles. The Morgan fingerprint density at radius 1 is 1.09 bits per heavy atom. The van der Waals surface area contributed by atoms with Gasteiger partial charge in [-0.15, -0.1) is 0 Å². The van der Waals surface area contributed by atoms with Crippen LogP contribution >= 0.6 is 0 Å². The summed E-state index contributed by atoms with van der Waals surface area (Å²) in [4.78, 5) is 24.3. The quantitative estimate of drug-likeness (QED) is 0.543. The molecule has 1 aromatic heterocycles. The fourth-order valence-electron chi connectivity index (χ4n) is 2.61. The molecule has 0 amide bonds. The van der Waals surface area contributed by atoms with E-state index in [0.29, 0.717) is 34.4 Å². The molecule has 0 aliphatic heterocycles. The fourth-order valence-corrected chi connectivity index (χ4v) is 2.61. The Hall–Kier alpha value is -2.88. The summed E-state index contributed by atoms with van der Waals surface area (Å²) in [7, 11) is 0. The van der Waals surface area contributed by atoms with Crippen LogP contribution in [0.3, 0.4) is 0 Å². The van der Waals surface area contributed by atoms with E-state index in [1.807, 2.05) is 18.2 Å². The molecule has 0 atom stereocenters. The van der Waals surface area contributed by atoms with Crippen molar-refractivity contribution in [2.24, 2.45) is 0 Å². The molecule has 0 unspecified atom stereocenters. The highest BCUT2D eigenvalue weighted by molar-refractivity contribution is 5.94. The number of hydrogen-bond acceptors (Lipinski definition) is 4. The Bertz CT molecular complexity index is 937. The van der Waals surface area contributed by atoms with Gasteiger partial charge in [0.1, 0.15) is 5.58 Å². The van der Waals surface area contributed by atoms with Gasteiger partial charge in [0.15, 0.2) is 0 Å². The SMILES string of the molecule is CCOC(=O)c1cccc(-c2cc3ccccc3oc2=O)c1C. The van der Waals surface area contributed by atoms with Gasteiger partial charge < -0.3 is 9.15 Å². The van der Waals surface area contributed by atoms with Crippen LogP contribution in [-0.4, -0.2) is 12.6 Å². The second-order valence-corrected chi connectivity index (χ2v) is 5.18. The van der Waals surface area contributed by atoms with E-state index in [-0.39, 0.29) is 0 Å². The summed E-state index contributed by atoms with van der Waals surface area (Å²) >= 11 is 0. The molecule has 3 rings (SSSR count). The van der Waals surface area contributed by atoms with Gasteiger partial charge in [0.2, 0.25) is 0 Å². The Balaban J connectivity index is 2.19. The van der Waals surface area contributed by atoms with Gasteiger partial charge in [-0.3, -0.25) is 0 Å². The number of para-hydroxylation sites is 1. The van der Waals surface area contributed by atoms with E-state index in [4.69, 9.17) is 9.15 Å². The van der Waals surface area contributed by atoms with E-state index in [1.165, 1.54) is 0 Å². The first-order valence-corrected chi connectivity index (χ1v) is 7.42. The average molecular weight is 308 g/mol. The van der Waals surface area contributed by atoms with E-state index < -0.39 is 11.6 Å². The van der Waals surface area contributed by atoms with E-state index in [1.54, 1.807) is 44.2 Å². The van der Waals surface area contributed by atoms with Crippen molar-refractivity contribution in [3.8, 4) is 11.1 Å². The van der Waals surface area contributed by atoms with Crippen molar-refractivity contribution in [1.82, 2.24) is 0 Å². The summed E-state index contributed by atoms with van der Waals surface area (Å²) in [5.74, 6) is -0.392. The predicted molar refractivity (Wildman–Crippen MR) is 88.6 cm³/mol. The lowest BCUT2D eigenvalue weighted by Gasteiger charge is -2.10. The second-order valence-electron chi connectivity index (χ2n) is 5.18. The maximum absolute atomic E-state index is 12.3. The smallest absolute Gasteiger partial charge is 0.344 e. The minimum absolute atomic E-state index is 0.306. The van der Waals surface area contributed by atoms with Crippen molar-refractivity contribution in [1.29, 1.82) is 0 Å². The number of carbonyl (C=O) groups excluding carboxylic acids is 1. The van der Waals surface area contributed by atoms with Crippen LogP contribution < -0.4 is 5.63 Å². The molecule has 4 heteroatoms. The van der Waals surface area contributed by atoms with E-state index in [2.05, 4.69) is 0 Å². The molecular weight excluding hydrogens is 292 g/mol. The van der Waals surface area contributed by atoms with Gasteiger partial charge in [0, 0.05) is 5.39 Å². The summed E-state index contributed by atoms with van der Waals surface area (Å²) < 4.78 is 10.4. The van der Waals surface area contributed by atoms with Crippen LogP contribution in [0.25, 0.3) is 22.1 Å². The molecule has 0 spiro atoms. The number of ether oxygens (including phenoxy) is 1. The van der Waals surface area contributed by atoms with Crippen molar-refractivity contribution >= 4 is 16.9 Å². The predicted octanol–water partition coefficient (Wildman–Crippen LogP) is 3.95. The monoisotopic (exact) mass is 308 g/mol. The molecule has 0 radical (unpaired) electrons. The van der Waals surface area contributed by atoms with Crippen LogP contribution in [0.5, 0.6) is 0 Å². The number of rotatable bonds is 3. The highest BCUT2D eigenvalue weighted by Crippen LogP contribution is 2.26. The molecule has 23 heavy (non-hydrogen) atoms. The van der Waals surface area contributed by atoms with Gasteiger partial charge in [0.25, 0.3) is 0 Å². The van der Waals surface area contributed by atoms with Gasteiger partial charge in [-0.05, 0) is 43.2 Å². The molecule has 0 aliphatic rings. The molecule has 0 fully saturated rings. The van der Waals surface area contributed by atoms with Crippen LogP contribution in [0.15, 0.2) is 57.7 Å². The fraction of sp³-hybridized carbons (Fsp3) is 0.158. The van der Waals surface area contributed by atoms with E-state index >= 15 is 0 Å². The van der Waals surface area contributed by atoms with Crippen LogP contribution in [0, 0.1) is 6.92 Å². The van der Waals surface area contributed by atoms with Gasteiger partial charge in [-0.1, -0.05) is 30.3 Å². The number of hydrogen-bond donors (Lipinski definition) is 0. The highest BCUT2D eigenvalue weighted by atomic mass is 16.5. The van der Waals surface area contributed by atoms with Crippen LogP contribution in [0.1, 0.15) is 22.8 Å².